The summed E-state index contributed by atoms with van der Waals surface area (Å²) in [6, 6.07) is 7.87. The van der Waals surface area contributed by atoms with Crippen molar-refractivity contribution in [1.29, 1.82) is 0 Å². The summed E-state index contributed by atoms with van der Waals surface area (Å²) in [7, 11) is 4.38. The lowest BCUT2D eigenvalue weighted by Gasteiger charge is -2.75. The molecule has 18 aliphatic rings. The van der Waals surface area contributed by atoms with Crippen LogP contribution >= 0.6 is 21.6 Å². The molecule has 426 valence electrons. The van der Waals surface area contributed by atoms with E-state index >= 15 is 9.59 Å². The Bertz CT molecular complexity index is 3030. The molecule has 19 rings (SSSR count). The third-order valence-corrected chi connectivity index (χ3v) is 32.2. The van der Waals surface area contributed by atoms with E-state index in [-0.39, 0.29) is 53.0 Å². The fourth-order valence-electron chi connectivity index (χ4n) is 27.4. The zero-order valence-corrected chi connectivity index (χ0v) is 49.6. The number of aliphatic hydroxyl groups excluding tert-OH is 1. The number of hydrogen-bond donors (Lipinski definition) is 2. The molecular weight excluding hydrogens is 1030 g/mol. The van der Waals surface area contributed by atoms with Crippen LogP contribution in [0.3, 0.4) is 0 Å². The molecule has 10 heteroatoms. The first-order valence-corrected chi connectivity index (χ1v) is 36.2. The van der Waals surface area contributed by atoms with Crippen LogP contribution in [-0.4, -0.2) is 76.1 Å². The van der Waals surface area contributed by atoms with Crippen molar-refractivity contribution in [1.82, 2.24) is 9.80 Å². The number of aryl methyl sites for hydroxylation is 1. The third-order valence-electron chi connectivity index (χ3n) is 29.7. The first-order chi connectivity index (χ1) is 39.1. The summed E-state index contributed by atoms with van der Waals surface area (Å²) in [4.78, 5) is 39.3. The summed E-state index contributed by atoms with van der Waals surface area (Å²) in [5, 5.41) is 14.6. The fraction of sp³-hybridized carbons (Fsp3) is 0.771. The van der Waals surface area contributed by atoms with Crippen LogP contribution in [0.2, 0.25) is 0 Å². The van der Waals surface area contributed by atoms with Crippen LogP contribution in [0, 0.1) is 98.1 Å². The van der Waals surface area contributed by atoms with Gasteiger partial charge in [-0.05, 0) is 216 Å². The summed E-state index contributed by atoms with van der Waals surface area (Å²) in [5.74, 6) is 7.16. The highest BCUT2D eigenvalue weighted by Crippen LogP contribution is 2.90. The van der Waals surface area contributed by atoms with Crippen molar-refractivity contribution in [2.24, 2.45) is 104 Å². The molecule has 10 aliphatic carbocycles. The topological polar surface area (TPSA) is 105 Å². The molecule has 8 nitrogen and oxygen atoms in total. The quantitative estimate of drug-likeness (QED) is 0.172. The molecule has 0 amide bonds. The number of fused-ring (bicyclic) bond motifs is 12. The average Bonchev–Trinajstić information content (AvgIpc) is 1.91. The number of benzene rings is 1. The van der Waals surface area contributed by atoms with Crippen LogP contribution < -0.4 is 5.73 Å². The highest BCUT2D eigenvalue weighted by Gasteiger charge is 2.94. The Morgan fingerprint density at radius 3 is 2.44 bits per heavy atom. The maximum atomic E-state index is 17.3. The van der Waals surface area contributed by atoms with Crippen molar-refractivity contribution < 1.29 is 24.2 Å². The Hall–Kier alpha value is -2.66. The summed E-state index contributed by atoms with van der Waals surface area (Å²) in [6.07, 6.45) is 35.0. The predicted molar refractivity (Wildman–Crippen MR) is 314 cm³/mol. The van der Waals surface area contributed by atoms with E-state index < -0.39 is 16.4 Å². The maximum Gasteiger partial charge on any atom is 0.339 e. The number of allylic oxidation sites excluding steroid dienone is 4. The molecule has 11 bridgehead atoms. The number of esters is 2. The minimum absolute atomic E-state index is 0.0906. The molecule has 18 atom stereocenters. The fourth-order valence-corrected chi connectivity index (χ4v) is 30.3. The molecular formula is C70H89N3O5S2. The molecule has 8 aliphatic heterocycles. The Morgan fingerprint density at radius 1 is 0.812 bits per heavy atom. The standard InChI is InChI=1S/C70H89N3O5S2/c1-38-26-40-15-17-53-43-27-44-35-73(53)60(40)58-48-19-24-68-62(61(74)49-16-18-54(44)72(34-43)59(49)45-30-65(20-4-5-21-65)66(31-45)22-6-7-23-66)77-64(76)69(68)55(70(68)52-14-8-11-39(12-9-25-71)56(52)63(75)78-70)29-42-28-50-46(32-67(38,58)33-51(50)57(48)69)37-80-79-36-41-10-2-3-13-47(41)42/h8,11,14,28,38,41-47,49,51,53-55,58-59,74H,2-7,9-10,12-13,15-27,29-37,71H2,1H3/b50-28?,62-61+/t38-,41+,42+,43-,44-,46+,47-,49+,51+,53-,54+,55-,58+,59+,67+,68+,69+,70+/m0/s1. The SMILES string of the molecule is C[C@H]1CC2=C3[C@H]4C5=C6[C@@H]7C[C@@]41C[C@@H]1CSSC[C@H]4CCCC[C@@H]4[C@H](C=C17)C[C@H]1[C@]64C(=O)O/C(=C(/O)[C@@H]6CC[C@@H]7[C@H]8C[C@@H](CN7[C@@H]6C6CC7(CCCC7)C7(CCCC7)C6)[C@H](CC2)N3C8)[C@@]4(CC5)[C@]12OC(=O)c1c(CCCN)cccc12. The number of ether oxygens (including phenoxy) is 2. The molecule has 10 fully saturated rings. The van der Waals surface area contributed by atoms with Crippen LogP contribution in [0.5, 0.6) is 0 Å². The third kappa shape index (κ3) is 5.66. The summed E-state index contributed by atoms with van der Waals surface area (Å²) in [5.41, 5.74) is 15.0. The largest absolute Gasteiger partial charge is 0.508 e. The molecule has 0 aromatic heterocycles. The molecule has 6 spiro atoms. The van der Waals surface area contributed by atoms with Crippen LogP contribution in [0.1, 0.15) is 195 Å². The average molecular weight is 1120 g/mol. The normalized spacial score (nSPS) is 49.1. The number of carbonyl (C=O) groups excluding carboxylic acids is 2. The first kappa shape index (κ1) is 49.6. The number of rotatable bonds is 4. The number of nitrogens with two attached hydrogens (primary N) is 1. The second kappa shape index (κ2) is 16.9. The Balaban J connectivity index is 0.914. The van der Waals surface area contributed by atoms with Gasteiger partial charge >= 0.3 is 11.9 Å². The van der Waals surface area contributed by atoms with Gasteiger partial charge in [0.1, 0.15) is 11.2 Å². The molecule has 0 unspecified atom stereocenters. The Morgan fingerprint density at radius 2 is 1.61 bits per heavy atom. The molecule has 8 heterocycles. The van der Waals surface area contributed by atoms with E-state index in [9.17, 15) is 5.11 Å². The maximum absolute atomic E-state index is 17.3. The van der Waals surface area contributed by atoms with Crippen molar-refractivity contribution in [3.8, 4) is 0 Å². The predicted octanol–water partition coefficient (Wildman–Crippen LogP) is 14.2. The van der Waals surface area contributed by atoms with Crippen LogP contribution in [0.25, 0.3) is 0 Å². The van der Waals surface area contributed by atoms with Gasteiger partial charge in [0, 0.05) is 77.7 Å². The van der Waals surface area contributed by atoms with E-state index in [1.807, 2.05) is 0 Å². The van der Waals surface area contributed by atoms with Gasteiger partial charge in [-0.3, -0.25) is 9.69 Å². The highest BCUT2D eigenvalue weighted by molar-refractivity contribution is 8.76. The molecule has 6 saturated carbocycles. The Labute approximate surface area is 484 Å². The molecule has 1 aromatic carbocycles. The van der Waals surface area contributed by atoms with Crippen LogP contribution in [0.15, 0.2) is 63.8 Å². The Kier molecular flexibility index (Phi) is 10.4. The van der Waals surface area contributed by atoms with Gasteiger partial charge in [0.15, 0.2) is 11.4 Å². The number of aliphatic hydroxyl groups is 1. The van der Waals surface area contributed by atoms with Crippen molar-refractivity contribution in [3.63, 3.8) is 0 Å². The van der Waals surface area contributed by atoms with Gasteiger partial charge in [-0.2, -0.15) is 0 Å². The van der Waals surface area contributed by atoms with Gasteiger partial charge in [0.05, 0.1) is 11.0 Å². The molecule has 4 saturated heterocycles. The van der Waals surface area contributed by atoms with Crippen LogP contribution in [0.4, 0.5) is 0 Å². The lowest BCUT2D eigenvalue weighted by molar-refractivity contribution is -0.284. The molecule has 80 heavy (non-hydrogen) atoms. The van der Waals surface area contributed by atoms with Gasteiger partial charge in [0.25, 0.3) is 0 Å². The van der Waals surface area contributed by atoms with Crippen molar-refractivity contribution in [2.45, 2.75) is 204 Å². The van der Waals surface area contributed by atoms with E-state index in [0.29, 0.717) is 95.2 Å². The zero-order chi connectivity index (χ0) is 53.0. The monoisotopic (exact) mass is 1120 g/mol. The van der Waals surface area contributed by atoms with E-state index in [1.54, 1.807) is 22.4 Å². The van der Waals surface area contributed by atoms with Crippen LogP contribution in [-0.2, 0) is 26.3 Å². The van der Waals surface area contributed by atoms with Gasteiger partial charge < -0.3 is 25.2 Å². The lowest BCUT2D eigenvalue weighted by atomic mass is 9.26. The number of piperidine rings is 3. The number of nitrogens with zero attached hydrogens (tertiary/aromatic N) is 2. The summed E-state index contributed by atoms with van der Waals surface area (Å²) in [6.45, 7) is 5.57. The second-order valence-electron chi connectivity index (χ2n) is 31.5. The lowest BCUT2D eigenvalue weighted by Crippen LogP contribution is -2.78. The first-order valence-electron chi connectivity index (χ1n) is 33.8. The smallest absolute Gasteiger partial charge is 0.339 e. The van der Waals surface area contributed by atoms with Gasteiger partial charge in [-0.15, -0.1) is 0 Å². The number of hydrogen-bond acceptors (Lipinski definition) is 10. The molecule has 0 radical (unpaired) electrons. The van der Waals surface area contributed by atoms with Gasteiger partial charge in [0.2, 0.25) is 0 Å². The van der Waals surface area contributed by atoms with Gasteiger partial charge in [-0.1, -0.05) is 108 Å². The second-order valence-corrected chi connectivity index (χ2v) is 34.1. The minimum atomic E-state index is -1.15. The summed E-state index contributed by atoms with van der Waals surface area (Å²) >= 11 is 0. The van der Waals surface area contributed by atoms with Crippen molar-refractivity contribution in [3.05, 3.63) is 80.5 Å². The number of carbonyl (C=O) groups is 2. The zero-order valence-electron chi connectivity index (χ0n) is 48.0. The summed E-state index contributed by atoms with van der Waals surface area (Å²) < 4.78 is 15.3. The van der Waals surface area contributed by atoms with E-state index in [4.69, 9.17) is 15.2 Å². The van der Waals surface area contributed by atoms with Crippen molar-refractivity contribution >= 4 is 33.5 Å². The van der Waals surface area contributed by atoms with Crippen molar-refractivity contribution in [2.75, 3.05) is 31.1 Å². The molecule has 3 N–H and O–H groups in total. The highest BCUT2D eigenvalue weighted by atomic mass is 33.1. The van der Waals surface area contributed by atoms with E-state index in [1.165, 1.54) is 140 Å². The molecule has 1 aromatic rings. The minimum Gasteiger partial charge on any atom is -0.508 e. The van der Waals surface area contributed by atoms with Gasteiger partial charge in [-0.25, -0.2) is 4.79 Å². The van der Waals surface area contributed by atoms with E-state index in [0.717, 1.165) is 67.5 Å². The van der Waals surface area contributed by atoms with E-state index in [2.05, 4.69) is 62.6 Å².